The number of phenols is 1. The van der Waals surface area contributed by atoms with Gasteiger partial charge in [-0.15, -0.1) is 0 Å². The topological polar surface area (TPSA) is 46.5 Å². The fraction of sp³-hybridized carbons (Fsp3) is 0.250. The Morgan fingerprint density at radius 2 is 2.27 bits per heavy atom. The summed E-state index contributed by atoms with van der Waals surface area (Å²) in [6.07, 6.45) is 3.52. The van der Waals surface area contributed by atoms with Crippen molar-refractivity contribution in [1.82, 2.24) is 0 Å². The third-order valence-corrected chi connectivity index (χ3v) is 2.03. The van der Waals surface area contributed by atoms with E-state index in [1.165, 1.54) is 19.3 Å². The molecule has 0 fully saturated rings. The first-order valence-electron chi connectivity index (χ1n) is 4.75. The highest BCUT2D eigenvalue weighted by atomic mass is 16.5. The zero-order chi connectivity index (χ0) is 11.3. The molecule has 3 heteroatoms. The monoisotopic (exact) mass is 206 g/mol. The molecule has 1 aromatic carbocycles. The molecule has 0 spiro atoms. The number of hydrogen-bond donors (Lipinski definition) is 1. The first-order chi connectivity index (χ1) is 7.17. The van der Waals surface area contributed by atoms with Gasteiger partial charge >= 0.3 is 0 Å². The summed E-state index contributed by atoms with van der Waals surface area (Å²) < 4.78 is 4.95. The molecule has 0 heterocycles. The molecule has 0 amide bonds. The standard InChI is InChI=1S/C12H14O3/c1-3-10(13)6-4-9-5-7-11(15-2)8-12(9)14/h4-8,14H,3H2,1-2H3/b6-4+. The van der Waals surface area contributed by atoms with Crippen LogP contribution in [0.4, 0.5) is 0 Å². The van der Waals surface area contributed by atoms with Gasteiger partial charge in [-0.3, -0.25) is 4.79 Å². The van der Waals surface area contributed by atoms with Crippen LogP contribution < -0.4 is 4.74 Å². The Balaban J connectivity index is 2.87. The van der Waals surface area contributed by atoms with Gasteiger partial charge in [-0.25, -0.2) is 0 Å². The fourth-order valence-electron chi connectivity index (χ4n) is 1.09. The summed E-state index contributed by atoms with van der Waals surface area (Å²) in [6, 6.07) is 4.94. The number of rotatable bonds is 4. The number of benzene rings is 1. The average molecular weight is 206 g/mol. The van der Waals surface area contributed by atoms with Crippen LogP contribution in [0.5, 0.6) is 11.5 Å². The Kier molecular flexibility index (Phi) is 3.92. The SMILES string of the molecule is CCC(=O)/C=C/c1ccc(OC)cc1O. The van der Waals surface area contributed by atoms with Crippen LogP contribution in [0.3, 0.4) is 0 Å². The van der Waals surface area contributed by atoms with E-state index in [1.807, 2.05) is 0 Å². The highest BCUT2D eigenvalue weighted by molar-refractivity contribution is 5.93. The van der Waals surface area contributed by atoms with E-state index in [4.69, 9.17) is 4.74 Å². The van der Waals surface area contributed by atoms with Crippen LogP contribution in [-0.4, -0.2) is 18.0 Å². The van der Waals surface area contributed by atoms with Gasteiger partial charge in [0.2, 0.25) is 0 Å². The normalized spacial score (nSPS) is 10.5. The van der Waals surface area contributed by atoms with Crippen molar-refractivity contribution in [1.29, 1.82) is 0 Å². The van der Waals surface area contributed by atoms with Gasteiger partial charge in [-0.1, -0.05) is 6.92 Å². The smallest absolute Gasteiger partial charge is 0.155 e. The van der Waals surface area contributed by atoms with Gasteiger partial charge in [-0.2, -0.15) is 0 Å². The van der Waals surface area contributed by atoms with Crippen molar-refractivity contribution in [2.75, 3.05) is 7.11 Å². The van der Waals surface area contributed by atoms with Crippen LogP contribution in [-0.2, 0) is 4.79 Å². The Morgan fingerprint density at radius 3 is 2.80 bits per heavy atom. The lowest BCUT2D eigenvalue weighted by Crippen LogP contribution is -1.87. The van der Waals surface area contributed by atoms with Crippen LogP contribution in [0.2, 0.25) is 0 Å². The summed E-state index contributed by atoms with van der Waals surface area (Å²) in [4.78, 5) is 11.0. The third-order valence-electron chi connectivity index (χ3n) is 2.03. The molecule has 1 aromatic rings. The van der Waals surface area contributed by atoms with Gasteiger partial charge in [0.25, 0.3) is 0 Å². The number of ether oxygens (including phenoxy) is 1. The lowest BCUT2D eigenvalue weighted by atomic mass is 10.1. The van der Waals surface area contributed by atoms with E-state index in [0.29, 0.717) is 17.7 Å². The second-order valence-electron chi connectivity index (χ2n) is 3.08. The predicted molar refractivity (Wildman–Crippen MR) is 59.0 cm³/mol. The average Bonchev–Trinajstić information content (AvgIpc) is 2.26. The zero-order valence-corrected chi connectivity index (χ0v) is 8.86. The van der Waals surface area contributed by atoms with E-state index in [2.05, 4.69) is 0 Å². The summed E-state index contributed by atoms with van der Waals surface area (Å²) >= 11 is 0. The third kappa shape index (κ3) is 3.13. The number of phenolic OH excluding ortho intramolecular Hbond substituents is 1. The van der Waals surface area contributed by atoms with Crippen LogP contribution in [0.1, 0.15) is 18.9 Å². The minimum Gasteiger partial charge on any atom is -0.507 e. The van der Waals surface area contributed by atoms with Crippen LogP contribution >= 0.6 is 0 Å². The van der Waals surface area contributed by atoms with Crippen LogP contribution in [0.15, 0.2) is 24.3 Å². The highest BCUT2D eigenvalue weighted by Gasteiger charge is 2.00. The van der Waals surface area contributed by atoms with Crippen molar-refractivity contribution in [2.45, 2.75) is 13.3 Å². The molecule has 0 aliphatic rings. The number of methoxy groups -OCH3 is 1. The maximum atomic E-state index is 11.0. The Labute approximate surface area is 89.0 Å². The van der Waals surface area contributed by atoms with Gasteiger partial charge in [0.15, 0.2) is 5.78 Å². The molecule has 80 valence electrons. The fourth-order valence-corrected chi connectivity index (χ4v) is 1.09. The quantitative estimate of drug-likeness (QED) is 0.769. The number of carbonyl (C=O) groups excluding carboxylic acids is 1. The summed E-state index contributed by atoms with van der Waals surface area (Å²) in [7, 11) is 1.53. The lowest BCUT2D eigenvalue weighted by Gasteiger charge is -2.02. The molecule has 0 aromatic heterocycles. The minimum atomic E-state index is 0.0326. The number of carbonyl (C=O) groups is 1. The van der Waals surface area contributed by atoms with Crippen molar-refractivity contribution in [3.8, 4) is 11.5 Å². The largest absolute Gasteiger partial charge is 0.507 e. The van der Waals surface area contributed by atoms with Crippen LogP contribution in [0.25, 0.3) is 6.08 Å². The molecule has 15 heavy (non-hydrogen) atoms. The molecule has 0 atom stereocenters. The van der Waals surface area contributed by atoms with Gasteiger partial charge < -0.3 is 9.84 Å². The molecule has 0 radical (unpaired) electrons. The minimum absolute atomic E-state index is 0.0326. The molecule has 0 saturated heterocycles. The molecule has 0 bridgehead atoms. The first kappa shape index (κ1) is 11.3. The van der Waals surface area contributed by atoms with Gasteiger partial charge in [0.1, 0.15) is 11.5 Å². The van der Waals surface area contributed by atoms with Crippen molar-refractivity contribution in [3.05, 3.63) is 29.8 Å². The van der Waals surface area contributed by atoms with E-state index >= 15 is 0 Å². The number of hydrogen-bond acceptors (Lipinski definition) is 3. The molecular formula is C12H14O3. The molecule has 0 aliphatic heterocycles. The van der Waals surface area contributed by atoms with Gasteiger partial charge in [0, 0.05) is 18.1 Å². The first-order valence-corrected chi connectivity index (χ1v) is 4.75. The summed E-state index contributed by atoms with van der Waals surface area (Å²) in [5.74, 6) is 0.728. The zero-order valence-electron chi connectivity index (χ0n) is 8.86. The van der Waals surface area contributed by atoms with Crippen molar-refractivity contribution in [3.63, 3.8) is 0 Å². The molecule has 0 unspecified atom stereocenters. The van der Waals surface area contributed by atoms with Crippen molar-refractivity contribution < 1.29 is 14.6 Å². The van der Waals surface area contributed by atoms with E-state index in [9.17, 15) is 9.90 Å². The summed E-state index contributed by atoms with van der Waals surface area (Å²) in [5.41, 5.74) is 0.609. The predicted octanol–water partition coefficient (Wildman–Crippen LogP) is 2.39. The second kappa shape index (κ2) is 5.20. The molecular weight excluding hydrogens is 192 g/mol. The molecule has 1 rings (SSSR count). The van der Waals surface area contributed by atoms with Gasteiger partial charge in [0.05, 0.1) is 7.11 Å². The number of aromatic hydroxyl groups is 1. The summed E-state index contributed by atoms with van der Waals surface area (Å²) in [5, 5.41) is 9.57. The molecule has 0 saturated carbocycles. The number of allylic oxidation sites excluding steroid dienone is 1. The van der Waals surface area contributed by atoms with Crippen molar-refractivity contribution >= 4 is 11.9 Å². The Bertz CT molecular complexity index is 380. The maximum Gasteiger partial charge on any atom is 0.155 e. The number of ketones is 1. The second-order valence-corrected chi connectivity index (χ2v) is 3.08. The van der Waals surface area contributed by atoms with Gasteiger partial charge in [-0.05, 0) is 24.3 Å². The summed E-state index contributed by atoms with van der Waals surface area (Å²) in [6.45, 7) is 1.79. The molecule has 0 aliphatic carbocycles. The lowest BCUT2D eigenvalue weighted by molar-refractivity contribution is -0.114. The molecule has 3 nitrogen and oxygen atoms in total. The Hall–Kier alpha value is -1.77. The van der Waals surface area contributed by atoms with Crippen molar-refractivity contribution in [2.24, 2.45) is 0 Å². The van der Waals surface area contributed by atoms with Crippen LogP contribution in [0, 0.1) is 0 Å². The maximum absolute atomic E-state index is 11.0. The molecule has 1 N–H and O–H groups in total. The highest BCUT2D eigenvalue weighted by Crippen LogP contribution is 2.24. The van der Waals surface area contributed by atoms with E-state index < -0.39 is 0 Å². The van der Waals surface area contributed by atoms with E-state index in [-0.39, 0.29) is 11.5 Å². The Morgan fingerprint density at radius 1 is 1.53 bits per heavy atom. The van der Waals surface area contributed by atoms with E-state index in [0.717, 1.165) is 0 Å². The van der Waals surface area contributed by atoms with E-state index in [1.54, 1.807) is 25.1 Å².